The van der Waals surface area contributed by atoms with Crippen molar-refractivity contribution in [2.45, 2.75) is 32.4 Å². The highest BCUT2D eigenvalue weighted by Gasteiger charge is 2.22. The first-order chi connectivity index (χ1) is 7.69. The molecule has 0 saturated carbocycles. The lowest BCUT2D eigenvalue weighted by Gasteiger charge is -2.13. The number of nitrogens with one attached hydrogen (secondary N) is 1. The highest BCUT2D eigenvalue weighted by Crippen LogP contribution is 2.29. The van der Waals surface area contributed by atoms with Gasteiger partial charge in [-0.05, 0) is 25.5 Å². The summed E-state index contributed by atoms with van der Waals surface area (Å²) in [6.45, 7) is 4.89. The summed E-state index contributed by atoms with van der Waals surface area (Å²) in [5.74, 6) is 3.67. The Kier molecular flexibility index (Phi) is 3.17. The van der Waals surface area contributed by atoms with Crippen molar-refractivity contribution >= 4 is 0 Å². The molecule has 0 spiro atoms. The molecular formula is C14H17NO. The monoisotopic (exact) mass is 215 g/mol. The number of fused-ring (bicyclic) bond motifs is 1. The predicted molar refractivity (Wildman–Crippen MR) is 65.6 cm³/mol. The van der Waals surface area contributed by atoms with Gasteiger partial charge in [0.15, 0.2) is 0 Å². The molecule has 1 heterocycles. The van der Waals surface area contributed by atoms with Crippen molar-refractivity contribution in [3.8, 4) is 18.1 Å². The molecule has 0 aliphatic carbocycles. The van der Waals surface area contributed by atoms with E-state index in [4.69, 9.17) is 11.2 Å². The lowest BCUT2D eigenvalue weighted by Crippen LogP contribution is -2.35. The molecule has 0 fully saturated rings. The van der Waals surface area contributed by atoms with Crippen LogP contribution in [0, 0.1) is 19.3 Å². The van der Waals surface area contributed by atoms with Crippen molar-refractivity contribution in [2.24, 2.45) is 0 Å². The zero-order chi connectivity index (χ0) is 11.5. The molecule has 1 aliphatic rings. The van der Waals surface area contributed by atoms with E-state index in [0.29, 0.717) is 0 Å². The molecule has 1 aliphatic heterocycles. The molecule has 1 N–H and O–H groups in total. The van der Waals surface area contributed by atoms with Crippen LogP contribution in [0.3, 0.4) is 0 Å². The van der Waals surface area contributed by atoms with Gasteiger partial charge in [0.1, 0.15) is 11.9 Å². The Morgan fingerprint density at radius 2 is 2.44 bits per heavy atom. The van der Waals surface area contributed by atoms with E-state index in [1.807, 2.05) is 6.92 Å². The van der Waals surface area contributed by atoms with Crippen LogP contribution in [0.2, 0.25) is 0 Å². The fraction of sp³-hybridized carbons (Fsp3) is 0.429. The van der Waals surface area contributed by atoms with E-state index in [2.05, 4.69) is 36.4 Å². The lowest BCUT2D eigenvalue weighted by molar-refractivity contribution is 0.226. The quantitative estimate of drug-likeness (QED) is 0.778. The SMILES string of the molecule is C#CC(C)NCC1Cc2cc(C)ccc2O1. The number of hydrogen-bond donors (Lipinski definition) is 1. The van der Waals surface area contributed by atoms with E-state index in [-0.39, 0.29) is 12.1 Å². The zero-order valence-electron chi connectivity index (χ0n) is 9.79. The molecular weight excluding hydrogens is 198 g/mol. The number of rotatable bonds is 3. The van der Waals surface area contributed by atoms with E-state index in [1.54, 1.807) is 0 Å². The Morgan fingerprint density at radius 3 is 3.19 bits per heavy atom. The van der Waals surface area contributed by atoms with Crippen LogP contribution >= 0.6 is 0 Å². The maximum absolute atomic E-state index is 5.83. The Hall–Kier alpha value is -1.46. The van der Waals surface area contributed by atoms with Crippen molar-refractivity contribution < 1.29 is 4.74 Å². The van der Waals surface area contributed by atoms with E-state index in [0.717, 1.165) is 18.7 Å². The van der Waals surface area contributed by atoms with Crippen LogP contribution in [-0.4, -0.2) is 18.7 Å². The van der Waals surface area contributed by atoms with Crippen LogP contribution in [0.15, 0.2) is 18.2 Å². The Labute approximate surface area is 97.0 Å². The summed E-state index contributed by atoms with van der Waals surface area (Å²) in [5.41, 5.74) is 2.59. The summed E-state index contributed by atoms with van der Waals surface area (Å²) in [6, 6.07) is 6.43. The molecule has 1 aromatic carbocycles. The highest BCUT2D eigenvalue weighted by atomic mass is 16.5. The maximum atomic E-state index is 5.83. The Morgan fingerprint density at radius 1 is 1.62 bits per heavy atom. The summed E-state index contributed by atoms with van der Waals surface area (Å²) in [4.78, 5) is 0. The summed E-state index contributed by atoms with van der Waals surface area (Å²) in [6.07, 6.45) is 6.50. The molecule has 2 heteroatoms. The van der Waals surface area contributed by atoms with Gasteiger partial charge >= 0.3 is 0 Å². The second-order valence-corrected chi connectivity index (χ2v) is 4.35. The molecule has 0 saturated heterocycles. The smallest absolute Gasteiger partial charge is 0.123 e. The average molecular weight is 215 g/mol. The minimum atomic E-state index is 0.106. The number of aryl methyl sites for hydroxylation is 1. The van der Waals surface area contributed by atoms with Crippen LogP contribution in [0.4, 0.5) is 0 Å². The van der Waals surface area contributed by atoms with Crippen molar-refractivity contribution in [3.05, 3.63) is 29.3 Å². The molecule has 1 aromatic rings. The normalized spacial score (nSPS) is 19.7. The first kappa shape index (κ1) is 11.0. The lowest BCUT2D eigenvalue weighted by atomic mass is 10.1. The first-order valence-corrected chi connectivity index (χ1v) is 5.64. The average Bonchev–Trinajstić information content (AvgIpc) is 2.67. The molecule has 84 valence electrons. The van der Waals surface area contributed by atoms with Crippen LogP contribution in [-0.2, 0) is 6.42 Å². The minimum absolute atomic E-state index is 0.106. The molecule has 0 bridgehead atoms. The van der Waals surface area contributed by atoms with Gasteiger partial charge in [0.05, 0.1) is 6.04 Å². The molecule has 0 radical (unpaired) electrons. The van der Waals surface area contributed by atoms with Crippen LogP contribution in [0.1, 0.15) is 18.1 Å². The Balaban J connectivity index is 1.93. The summed E-state index contributed by atoms with van der Waals surface area (Å²) in [7, 11) is 0. The molecule has 16 heavy (non-hydrogen) atoms. The van der Waals surface area contributed by atoms with Gasteiger partial charge in [-0.25, -0.2) is 0 Å². The molecule has 2 unspecified atom stereocenters. The van der Waals surface area contributed by atoms with Crippen LogP contribution < -0.4 is 10.1 Å². The Bertz CT molecular complexity index is 419. The van der Waals surface area contributed by atoms with Gasteiger partial charge < -0.3 is 10.1 Å². The van der Waals surface area contributed by atoms with Crippen molar-refractivity contribution in [3.63, 3.8) is 0 Å². The topological polar surface area (TPSA) is 21.3 Å². The van der Waals surface area contributed by atoms with Crippen LogP contribution in [0.25, 0.3) is 0 Å². The summed E-state index contributed by atoms with van der Waals surface area (Å²) >= 11 is 0. The molecule has 2 rings (SSSR count). The van der Waals surface area contributed by atoms with Crippen molar-refractivity contribution in [1.82, 2.24) is 5.32 Å². The largest absolute Gasteiger partial charge is 0.488 e. The fourth-order valence-electron chi connectivity index (χ4n) is 1.93. The number of hydrogen-bond acceptors (Lipinski definition) is 2. The third-order valence-electron chi connectivity index (χ3n) is 2.86. The standard InChI is InChI=1S/C14H17NO/c1-4-11(3)15-9-13-8-12-7-10(2)5-6-14(12)16-13/h1,5-7,11,13,15H,8-9H2,2-3H3. The van der Waals surface area contributed by atoms with Gasteiger partial charge in [-0.3, -0.25) is 0 Å². The zero-order valence-corrected chi connectivity index (χ0v) is 9.79. The summed E-state index contributed by atoms with van der Waals surface area (Å²) < 4.78 is 5.83. The molecule has 2 atom stereocenters. The second-order valence-electron chi connectivity index (χ2n) is 4.35. The van der Waals surface area contributed by atoms with E-state index < -0.39 is 0 Å². The third kappa shape index (κ3) is 2.37. The minimum Gasteiger partial charge on any atom is -0.488 e. The highest BCUT2D eigenvalue weighted by molar-refractivity contribution is 5.40. The number of ether oxygens (including phenoxy) is 1. The first-order valence-electron chi connectivity index (χ1n) is 5.64. The maximum Gasteiger partial charge on any atom is 0.123 e. The molecule has 0 amide bonds. The fourth-order valence-corrected chi connectivity index (χ4v) is 1.93. The van der Waals surface area contributed by atoms with Gasteiger partial charge in [0, 0.05) is 13.0 Å². The van der Waals surface area contributed by atoms with Gasteiger partial charge in [0.25, 0.3) is 0 Å². The van der Waals surface area contributed by atoms with Gasteiger partial charge in [-0.15, -0.1) is 6.42 Å². The molecule has 0 aromatic heterocycles. The van der Waals surface area contributed by atoms with E-state index in [1.165, 1.54) is 11.1 Å². The van der Waals surface area contributed by atoms with Crippen molar-refractivity contribution in [2.75, 3.05) is 6.54 Å². The number of terminal acetylenes is 1. The van der Waals surface area contributed by atoms with Gasteiger partial charge in [-0.2, -0.15) is 0 Å². The number of benzene rings is 1. The van der Waals surface area contributed by atoms with Gasteiger partial charge in [-0.1, -0.05) is 23.6 Å². The van der Waals surface area contributed by atoms with E-state index in [9.17, 15) is 0 Å². The second kappa shape index (κ2) is 4.59. The molecule has 2 nitrogen and oxygen atoms in total. The van der Waals surface area contributed by atoms with E-state index >= 15 is 0 Å². The predicted octanol–water partition coefficient (Wildman–Crippen LogP) is 1.91. The summed E-state index contributed by atoms with van der Waals surface area (Å²) in [5, 5.41) is 3.26. The van der Waals surface area contributed by atoms with Gasteiger partial charge in [0.2, 0.25) is 0 Å². The van der Waals surface area contributed by atoms with Crippen molar-refractivity contribution in [1.29, 1.82) is 0 Å². The third-order valence-corrected chi connectivity index (χ3v) is 2.86. The van der Waals surface area contributed by atoms with Crippen LogP contribution in [0.5, 0.6) is 5.75 Å².